The fourth-order valence-electron chi connectivity index (χ4n) is 3.28. The summed E-state index contributed by atoms with van der Waals surface area (Å²) in [5, 5.41) is 20.1. The van der Waals surface area contributed by atoms with Gasteiger partial charge >= 0.3 is 0 Å². The number of carbonyl (C=O) groups is 1. The Morgan fingerprint density at radius 2 is 1.90 bits per heavy atom. The van der Waals surface area contributed by atoms with Crippen molar-refractivity contribution in [3.8, 4) is 17.7 Å². The molecule has 0 aliphatic carbocycles. The lowest BCUT2D eigenvalue weighted by molar-refractivity contribution is 0.0915. The standard InChI is InChI=1S/C23H28N2O4/c1-13(2)11-25-22(27)18(10-24)16(6)21(23(25)28)19(26)12-29-20-9-15(5)7-8-17(20)14(3)4/h7-9,13-14,28H,11-12H2,1-6H3. The number of nitriles is 1. The molecule has 6 heteroatoms. The van der Waals surface area contributed by atoms with Crippen molar-refractivity contribution in [3.05, 3.63) is 56.4 Å². The van der Waals surface area contributed by atoms with Crippen molar-refractivity contribution in [3.63, 3.8) is 0 Å². The molecular weight excluding hydrogens is 368 g/mol. The Labute approximate surface area is 171 Å². The number of carbonyl (C=O) groups excluding carboxylic acids is 1. The van der Waals surface area contributed by atoms with Gasteiger partial charge < -0.3 is 9.84 Å². The van der Waals surface area contributed by atoms with Crippen LogP contribution in [0.5, 0.6) is 11.6 Å². The molecule has 2 aromatic rings. The Morgan fingerprint density at radius 1 is 1.24 bits per heavy atom. The number of benzene rings is 1. The summed E-state index contributed by atoms with van der Waals surface area (Å²) in [7, 11) is 0. The van der Waals surface area contributed by atoms with E-state index in [1.54, 1.807) is 0 Å². The number of Topliss-reactive ketones (excluding diaryl/α,β-unsaturated/α-hetero) is 1. The van der Waals surface area contributed by atoms with Crippen LogP contribution >= 0.6 is 0 Å². The van der Waals surface area contributed by atoms with Crippen LogP contribution in [-0.2, 0) is 6.54 Å². The third kappa shape index (κ3) is 4.68. The molecular formula is C23H28N2O4. The van der Waals surface area contributed by atoms with E-state index in [1.165, 1.54) is 6.92 Å². The lowest BCUT2D eigenvalue weighted by atomic mass is 10.00. The normalized spacial score (nSPS) is 11.0. The minimum atomic E-state index is -0.588. The average Bonchev–Trinajstić information content (AvgIpc) is 2.63. The number of aromatic nitrogens is 1. The molecule has 154 valence electrons. The molecule has 0 saturated carbocycles. The number of pyridine rings is 1. The molecule has 0 aliphatic rings. The maximum absolute atomic E-state index is 12.9. The summed E-state index contributed by atoms with van der Waals surface area (Å²) in [6.45, 7) is 11.2. The summed E-state index contributed by atoms with van der Waals surface area (Å²) in [5.41, 5.74) is 1.40. The highest BCUT2D eigenvalue weighted by molar-refractivity contribution is 6.01. The summed E-state index contributed by atoms with van der Waals surface area (Å²) >= 11 is 0. The summed E-state index contributed by atoms with van der Waals surface area (Å²) in [5.74, 6) is -0.0178. The number of ether oxygens (including phenoxy) is 1. The topological polar surface area (TPSA) is 92.3 Å². The minimum Gasteiger partial charge on any atom is -0.494 e. The molecule has 1 N–H and O–H groups in total. The number of aryl methyl sites for hydroxylation is 1. The van der Waals surface area contributed by atoms with Gasteiger partial charge in [-0.2, -0.15) is 5.26 Å². The largest absolute Gasteiger partial charge is 0.494 e. The molecule has 29 heavy (non-hydrogen) atoms. The first kappa shape index (κ1) is 22.2. The van der Waals surface area contributed by atoms with E-state index in [2.05, 4.69) is 0 Å². The van der Waals surface area contributed by atoms with Crippen LogP contribution in [0.2, 0.25) is 0 Å². The number of aromatic hydroxyl groups is 1. The van der Waals surface area contributed by atoms with Gasteiger partial charge in [0.25, 0.3) is 5.56 Å². The van der Waals surface area contributed by atoms with Gasteiger partial charge in [0, 0.05) is 6.54 Å². The number of rotatable bonds is 7. The van der Waals surface area contributed by atoms with Crippen LogP contribution in [0.15, 0.2) is 23.0 Å². The van der Waals surface area contributed by atoms with Crippen LogP contribution < -0.4 is 10.3 Å². The fraction of sp³-hybridized carbons (Fsp3) is 0.435. The predicted molar refractivity (Wildman–Crippen MR) is 112 cm³/mol. The second kappa shape index (κ2) is 8.95. The Kier molecular flexibility index (Phi) is 6.86. The molecule has 1 aromatic heterocycles. The molecule has 1 heterocycles. The Balaban J connectivity index is 2.45. The van der Waals surface area contributed by atoms with Gasteiger partial charge in [0.2, 0.25) is 11.7 Å². The zero-order valence-electron chi connectivity index (χ0n) is 17.9. The molecule has 0 radical (unpaired) electrons. The molecule has 0 saturated heterocycles. The molecule has 0 aliphatic heterocycles. The van der Waals surface area contributed by atoms with E-state index < -0.39 is 17.2 Å². The maximum atomic E-state index is 12.9. The van der Waals surface area contributed by atoms with Gasteiger partial charge in [-0.25, -0.2) is 0 Å². The quantitative estimate of drug-likeness (QED) is 0.712. The van der Waals surface area contributed by atoms with Gasteiger partial charge in [0.1, 0.15) is 17.4 Å². The van der Waals surface area contributed by atoms with Crippen LogP contribution in [0.1, 0.15) is 66.2 Å². The molecule has 2 rings (SSSR count). The lowest BCUT2D eigenvalue weighted by Crippen LogP contribution is -2.29. The van der Waals surface area contributed by atoms with E-state index in [0.717, 1.165) is 15.7 Å². The second-order valence-electron chi connectivity index (χ2n) is 8.03. The first-order valence-electron chi connectivity index (χ1n) is 9.71. The third-order valence-corrected chi connectivity index (χ3v) is 4.78. The average molecular weight is 396 g/mol. The van der Waals surface area contributed by atoms with Gasteiger partial charge in [0.05, 0.1) is 5.56 Å². The van der Waals surface area contributed by atoms with E-state index in [-0.39, 0.29) is 41.7 Å². The fourth-order valence-corrected chi connectivity index (χ4v) is 3.28. The molecule has 0 spiro atoms. The van der Waals surface area contributed by atoms with Gasteiger partial charge in [-0.15, -0.1) is 0 Å². The highest BCUT2D eigenvalue weighted by Crippen LogP contribution is 2.28. The highest BCUT2D eigenvalue weighted by atomic mass is 16.5. The van der Waals surface area contributed by atoms with Crippen molar-refractivity contribution in [2.24, 2.45) is 5.92 Å². The summed E-state index contributed by atoms with van der Waals surface area (Å²) < 4.78 is 6.89. The van der Waals surface area contributed by atoms with Crippen molar-refractivity contribution < 1.29 is 14.6 Å². The number of ketones is 1. The summed E-state index contributed by atoms with van der Waals surface area (Å²) in [6, 6.07) is 7.70. The molecule has 0 fully saturated rings. The Morgan fingerprint density at radius 3 is 2.45 bits per heavy atom. The van der Waals surface area contributed by atoms with E-state index in [9.17, 15) is 20.0 Å². The molecule has 6 nitrogen and oxygen atoms in total. The van der Waals surface area contributed by atoms with Gasteiger partial charge in [-0.1, -0.05) is 39.8 Å². The van der Waals surface area contributed by atoms with Crippen molar-refractivity contribution in [2.75, 3.05) is 6.61 Å². The van der Waals surface area contributed by atoms with Crippen LogP contribution in [0.25, 0.3) is 0 Å². The zero-order chi connectivity index (χ0) is 21.9. The van der Waals surface area contributed by atoms with Crippen LogP contribution in [0, 0.1) is 31.1 Å². The summed E-state index contributed by atoms with van der Waals surface area (Å²) in [4.78, 5) is 25.5. The lowest BCUT2D eigenvalue weighted by Gasteiger charge is -2.18. The van der Waals surface area contributed by atoms with Gasteiger partial charge in [-0.3, -0.25) is 14.2 Å². The second-order valence-corrected chi connectivity index (χ2v) is 8.03. The molecule has 0 amide bonds. The number of nitrogens with zero attached hydrogens (tertiary/aromatic N) is 2. The van der Waals surface area contributed by atoms with Crippen molar-refractivity contribution in [2.45, 2.75) is 54.0 Å². The molecule has 1 aromatic carbocycles. The predicted octanol–water partition coefficient (Wildman–Crippen LogP) is 4.08. The zero-order valence-corrected chi connectivity index (χ0v) is 17.9. The maximum Gasteiger partial charge on any atom is 0.271 e. The van der Waals surface area contributed by atoms with E-state index in [4.69, 9.17) is 4.74 Å². The van der Waals surface area contributed by atoms with Crippen molar-refractivity contribution in [1.82, 2.24) is 4.57 Å². The first-order valence-corrected chi connectivity index (χ1v) is 9.71. The van der Waals surface area contributed by atoms with Crippen LogP contribution in [0.4, 0.5) is 0 Å². The molecule has 0 atom stereocenters. The van der Waals surface area contributed by atoms with Gasteiger partial charge in [0.15, 0.2) is 6.61 Å². The molecule has 0 unspecified atom stereocenters. The van der Waals surface area contributed by atoms with Gasteiger partial charge in [-0.05, 0) is 48.4 Å². The first-order chi connectivity index (χ1) is 13.6. The van der Waals surface area contributed by atoms with Crippen LogP contribution in [0.3, 0.4) is 0 Å². The minimum absolute atomic E-state index is 0.0412. The smallest absolute Gasteiger partial charge is 0.271 e. The van der Waals surface area contributed by atoms with Crippen molar-refractivity contribution >= 4 is 5.78 Å². The monoisotopic (exact) mass is 396 g/mol. The SMILES string of the molecule is Cc1ccc(C(C)C)c(OCC(=O)c2c(C)c(C#N)c(=O)n(CC(C)C)c2O)c1. The van der Waals surface area contributed by atoms with E-state index >= 15 is 0 Å². The highest BCUT2D eigenvalue weighted by Gasteiger charge is 2.25. The number of hydrogen-bond donors (Lipinski definition) is 1. The Bertz CT molecular complexity index is 1030. The Hall–Kier alpha value is -3.07. The van der Waals surface area contributed by atoms with E-state index in [1.807, 2.05) is 58.9 Å². The van der Waals surface area contributed by atoms with Crippen molar-refractivity contribution in [1.29, 1.82) is 5.26 Å². The summed E-state index contributed by atoms with van der Waals surface area (Å²) in [6.07, 6.45) is 0. The van der Waals surface area contributed by atoms with E-state index in [0.29, 0.717) is 5.75 Å². The third-order valence-electron chi connectivity index (χ3n) is 4.78. The number of hydrogen-bond acceptors (Lipinski definition) is 5. The van der Waals surface area contributed by atoms with Crippen LogP contribution in [-0.4, -0.2) is 22.1 Å². The molecule has 0 bridgehead atoms.